The van der Waals surface area contributed by atoms with E-state index in [4.69, 9.17) is 5.73 Å². The minimum absolute atomic E-state index is 0.263. The van der Waals surface area contributed by atoms with Crippen molar-refractivity contribution in [2.24, 2.45) is 5.73 Å². The average Bonchev–Trinajstić information content (AvgIpc) is 2.47. The molecule has 0 aliphatic carbocycles. The Morgan fingerprint density at radius 3 is 2.65 bits per heavy atom. The van der Waals surface area contributed by atoms with Gasteiger partial charge < -0.3 is 15.7 Å². The maximum absolute atomic E-state index is 12.4. The molecular formula is C15H20N2O3. The van der Waals surface area contributed by atoms with Crippen molar-refractivity contribution < 1.29 is 14.7 Å². The van der Waals surface area contributed by atoms with Crippen molar-refractivity contribution >= 4 is 11.9 Å². The molecule has 1 amide bonds. The molecule has 3 N–H and O–H groups in total. The summed E-state index contributed by atoms with van der Waals surface area (Å²) in [6.07, 6.45) is 2.63. The fraction of sp³-hybridized carbons (Fsp3) is 0.467. The van der Waals surface area contributed by atoms with Crippen molar-refractivity contribution in [1.82, 2.24) is 4.90 Å². The van der Waals surface area contributed by atoms with Gasteiger partial charge in [0.25, 0.3) is 0 Å². The third kappa shape index (κ3) is 3.36. The van der Waals surface area contributed by atoms with Gasteiger partial charge in [-0.3, -0.25) is 4.79 Å². The lowest BCUT2D eigenvalue weighted by Crippen LogP contribution is -2.54. The second-order valence-electron chi connectivity index (χ2n) is 5.18. The lowest BCUT2D eigenvalue weighted by atomic mass is 9.99. The Balaban J connectivity index is 2.03. The molecule has 0 bridgehead atoms. The molecular weight excluding hydrogens is 256 g/mol. The van der Waals surface area contributed by atoms with Gasteiger partial charge in [0, 0.05) is 6.54 Å². The van der Waals surface area contributed by atoms with Gasteiger partial charge in [0.1, 0.15) is 6.04 Å². The predicted octanol–water partition coefficient (Wildman–Crippen LogP) is 1.02. The second kappa shape index (κ2) is 6.52. The van der Waals surface area contributed by atoms with E-state index in [1.165, 1.54) is 4.90 Å². The lowest BCUT2D eigenvalue weighted by molar-refractivity contribution is -0.152. The number of benzene rings is 1. The number of hydrogen-bond donors (Lipinski definition) is 2. The molecule has 5 heteroatoms. The molecule has 5 nitrogen and oxygen atoms in total. The molecule has 1 saturated heterocycles. The van der Waals surface area contributed by atoms with Crippen LogP contribution in [0.5, 0.6) is 0 Å². The van der Waals surface area contributed by atoms with Crippen LogP contribution in [-0.4, -0.2) is 40.5 Å². The summed E-state index contributed by atoms with van der Waals surface area (Å²) in [5.41, 5.74) is 6.94. The molecule has 1 fully saturated rings. The van der Waals surface area contributed by atoms with E-state index in [0.29, 0.717) is 19.4 Å². The molecule has 0 unspecified atom stereocenters. The lowest BCUT2D eigenvalue weighted by Gasteiger charge is -2.34. The third-order valence-electron chi connectivity index (χ3n) is 3.69. The van der Waals surface area contributed by atoms with Crippen LogP contribution < -0.4 is 5.73 Å². The number of nitrogens with zero attached hydrogens (tertiary/aromatic N) is 1. The van der Waals surface area contributed by atoms with Gasteiger partial charge in [-0.25, -0.2) is 4.79 Å². The van der Waals surface area contributed by atoms with Crippen LogP contribution in [0.25, 0.3) is 0 Å². The molecule has 0 radical (unpaired) electrons. The van der Waals surface area contributed by atoms with E-state index >= 15 is 0 Å². The molecule has 2 rings (SSSR count). The number of carbonyl (C=O) groups excluding carboxylic acids is 1. The molecule has 20 heavy (non-hydrogen) atoms. The summed E-state index contributed by atoms with van der Waals surface area (Å²) in [5.74, 6) is -1.20. The molecule has 1 aromatic rings. The smallest absolute Gasteiger partial charge is 0.326 e. The number of carboxylic acid groups (broad SMARTS) is 1. The summed E-state index contributed by atoms with van der Waals surface area (Å²) in [5, 5.41) is 9.19. The summed E-state index contributed by atoms with van der Waals surface area (Å²) in [6.45, 7) is 0.484. The van der Waals surface area contributed by atoms with Crippen LogP contribution in [0.1, 0.15) is 24.8 Å². The number of amides is 1. The molecule has 0 aromatic heterocycles. The van der Waals surface area contributed by atoms with E-state index in [0.717, 1.165) is 18.4 Å². The molecule has 1 aromatic carbocycles. The van der Waals surface area contributed by atoms with Crippen LogP contribution >= 0.6 is 0 Å². The molecule has 108 valence electrons. The zero-order chi connectivity index (χ0) is 14.5. The van der Waals surface area contributed by atoms with E-state index < -0.39 is 18.1 Å². The Labute approximate surface area is 118 Å². The summed E-state index contributed by atoms with van der Waals surface area (Å²) >= 11 is 0. The van der Waals surface area contributed by atoms with E-state index in [2.05, 4.69) is 0 Å². The number of carbonyl (C=O) groups is 2. The van der Waals surface area contributed by atoms with Crippen molar-refractivity contribution in [2.75, 3.05) is 6.54 Å². The number of nitrogens with two attached hydrogens (primary N) is 1. The quantitative estimate of drug-likeness (QED) is 0.860. The molecule has 0 spiro atoms. The average molecular weight is 276 g/mol. The molecule has 2 atom stereocenters. The minimum Gasteiger partial charge on any atom is -0.480 e. The number of rotatable bonds is 4. The van der Waals surface area contributed by atoms with Crippen LogP contribution in [-0.2, 0) is 16.0 Å². The van der Waals surface area contributed by atoms with Crippen LogP contribution in [0.15, 0.2) is 30.3 Å². The van der Waals surface area contributed by atoms with Crippen LogP contribution in [0.4, 0.5) is 0 Å². The van der Waals surface area contributed by atoms with Crippen LogP contribution in [0.2, 0.25) is 0 Å². The molecule has 0 saturated carbocycles. The monoisotopic (exact) mass is 276 g/mol. The normalized spacial score (nSPS) is 20.4. The van der Waals surface area contributed by atoms with Gasteiger partial charge in [-0.15, -0.1) is 0 Å². The van der Waals surface area contributed by atoms with Crippen molar-refractivity contribution in [3.63, 3.8) is 0 Å². The first kappa shape index (κ1) is 14.5. The van der Waals surface area contributed by atoms with Crippen molar-refractivity contribution in [3.8, 4) is 0 Å². The Morgan fingerprint density at radius 1 is 1.30 bits per heavy atom. The minimum atomic E-state index is -0.940. The zero-order valence-electron chi connectivity index (χ0n) is 11.4. The first-order valence-electron chi connectivity index (χ1n) is 6.92. The summed E-state index contributed by atoms with van der Waals surface area (Å²) in [7, 11) is 0. The van der Waals surface area contributed by atoms with Gasteiger partial charge in [0.15, 0.2) is 0 Å². The largest absolute Gasteiger partial charge is 0.480 e. The molecule has 1 aliphatic rings. The Kier molecular flexibility index (Phi) is 4.74. The predicted molar refractivity (Wildman–Crippen MR) is 75.1 cm³/mol. The standard InChI is InChI=1S/C15H20N2O3/c16-12(10-11-6-2-1-3-7-11)14(18)17-9-5-4-8-13(17)15(19)20/h1-3,6-7,12-13H,4-5,8-10,16H2,(H,19,20)/t12-,13+/m0/s1. The Morgan fingerprint density at radius 2 is 2.00 bits per heavy atom. The van der Waals surface area contributed by atoms with Crippen molar-refractivity contribution in [1.29, 1.82) is 0 Å². The number of hydrogen-bond acceptors (Lipinski definition) is 3. The van der Waals surface area contributed by atoms with Gasteiger partial charge in [-0.1, -0.05) is 30.3 Å². The fourth-order valence-corrected chi connectivity index (χ4v) is 2.62. The second-order valence-corrected chi connectivity index (χ2v) is 5.18. The summed E-state index contributed by atoms with van der Waals surface area (Å²) in [6, 6.07) is 8.12. The Hall–Kier alpha value is -1.88. The van der Waals surface area contributed by atoms with E-state index in [-0.39, 0.29) is 5.91 Å². The Bertz CT molecular complexity index is 475. The van der Waals surface area contributed by atoms with E-state index in [1.54, 1.807) is 0 Å². The first-order chi connectivity index (χ1) is 9.59. The van der Waals surface area contributed by atoms with Gasteiger partial charge >= 0.3 is 5.97 Å². The molecule has 1 heterocycles. The maximum Gasteiger partial charge on any atom is 0.326 e. The summed E-state index contributed by atoms with van der Waals surface area (Å²) in [4.78, 5) is 25.0. The van der Waals surface area contributed by atoms with Gasteiger partial charge in [0.2, 0.25) is 5.91 Å². The maximum atomic E-state index is 12.4. The number of carboxylic acids is 1. The van der Waals surface area contributed by atoms with Gasteiger partial charge in [-0.05, 0) is 31.2 Å². The van der Waals surface area contributed by atoms with Crippen LogP contribution in [0.3, 0.4) is 0 Å². The summed E-state index contributed by atoms with van der Waals surface area (Å²) < 4.78 is 0. The number of likely N-dealkylation sites (tertiary alicyclic amines) is 1. The van der Waals surface area contributed by atoms with Crippen molar-refractivity contribution in [2.45, 2.75) is 37.8 Å². The van der Waals surface area contributed by atoms with Crippen LogP contribution in [0, 0.1) is 0 Å². The number of piperidine rings is 1. The topological polar surface area (TPSA) is 83.6 Å². The highest BCUT2D eigenvalue weighted by atomic mass is 16.4. The SMILES string of the molecule is N[C@@H](Cc1ccccc1)C(=O)N1CCCC[C@@H]1C(=O)O. The van der Waals surface area contributed by atoms with Gasteiger partial charge in [0.05, 0.1) is 6.04 Å². The highest BCUT2D eigenvalue weighted by Crippen LogP contribution is 2.18. The van der Waals surface area contributed by atoms with E-state index in [1.807, 2.05) is 30.3 Å². The fourth-order valence-electron chi connectivity index (χ4n) is 2.62. The highest BCUT2D eigenvalue weighted by molar-refractivity contribution is 5.87. The first-order valence-corrected chi connectivity index (χ1v) is 6.92. The zero-order valence-corrected chi connectivity index (χ0v) is 11.4. The van der Waals surface area contributed by atoms with Crippen molar-refractivity contribution in [3.05, 3.63) is 35.9 Å². The molecule has 1 aliphatic heterocycles. The highest BCUT2D eigenvalue weighted by Gasteiger charge is 2.34. The van der Waals surface area contributed by atoms with Gasteiger partial charge in [-0.2, -0.15) is 0 Å². The third-order valence-corrected chi connectivity index (χ3v) is 3.69. The number of aliphatic carboxylic acids is 1. The van der Waals surface area contributed by atoms with E-state index in [9.17, 15) is 14.7 Å².